The minimum Gasteiger partial charge on any atom is -0.479 e. The van der Waals surface area contributed by atoms with Crippen LogP contribution in [-0.4, -0.2) is 30.5 Å². The lowest BCUT2D eigenvalue weighted by Crippen LogP contribution is -2.38. The summed E-state index contributed by atoms with van der Waals surface area (Å²) in [6, 6.07) is 5.05. The van der Waals surface area contributed by atoms with Gasteiger partial charge in [-0.15, -0.1) is 0 Å². The third kappa shape index (κ3) is 4.61. The predicted octanol–water partition coefficient (Wildman–Crippen LogP) is 2.51. The van der Waals surface area contributed by atoms with Gasteiger partial charge in [-0.1, -0.05) is 19.8 Å². The Hall–Kier alpha value is -2.24. The number of carbonyl (C=O) groups is 2. The predicted molar refractivity (Wildman–Crippen MR) is 90.8 cm³/mol. The second-order valence-corrected chi connectivity index (χ2v) is 5.82. The molecule has 0 saturated carbocycles. The zero-order chi connectivity index (χ0) is 16.8. The van der Waals surface area contributed by atoms with E-state index in [0.717, 1.165) is 24.9 Å². The molecule has 6 heteroatoms. The molecule has 0 aliphatic carbocycles. The quantitative estimate of drug-likeness (QED) is 0.675. The fraction of sp³-hybridized carbons (Fsp3) is 0.529. The second-order valence-electron chi connectivity index (χ2n) is 5.82. The van der Waals surface area contributed by atoms with E-state index in [9.17, 15) is 9.59 Å². The smallest absolute Gasteiger partial charge is 0.265 e. The molecule has 0 spiro atoms. The Kier molecular flexibility index (Phi) is 5.84. The molecule has 0 unspecified atom stereocenters. The van der Waals surface area contributed by atoms with Crippen molar-refractivity contribution in [3.05, 3.63) is 18.2 Å². The molecule has 3 N–H and O–H groups in total. The number of unbranched alkanes of at least 4 members (excludes halogenated alkanes) is 2. The molecule has 0 aromatic heterocycles. The third-order valence-electron chi connectivity index (χ3n) is 3.77. The Labute approximate surface area is 137 Å². The van der Waals surface area contributed by atoms with Crippen molar-refractivity contribution in [2.45, 2.75) is 52.2 Å². The highest BCUT2D eigenvalue weighted by Crippen LogP contribution is 2.32. The van der Waals surface area contributed by atoms with Crippen LogP contribution >= 0.6 is 0 Å². The van der Waals surface area contributed by atoms with Gasteiger partial charge in [-0.3, -0.25) is 9.59 Å². The standard InChI is InChI=1S/C17H25N3O3/c1-4-5-6-9-18-16(21)11(2)19-13-7-8-15-14(10-13)20-17(22)12(3)23-15/h7-8,10-12,19H,4-6,9H2,1-3H3,(H,18,21)(H,20,22)/t11-,12+/m1/s1. The molecule has 2 atom stereocenters. The Morgan fingerprint density at radius 1 is 1.39 bits per heavy atom. The highest BCUT2D eigenvalue weighted by Gasteiger charge is 2.23. The van der Waals surface area contributed by atoms with Crippen molar-refractivity contribution in [3.8, 4) is 5.75 Å². The molecule has 1 aliphatic heterocycles. The summed E-state index contributed by atoms with van der Waals surface area (Å²) in [4.78, 5) is 23.7. The maximum atomic E-state index is 12.0. The number of rotatable bonds is 7. The molecule has 0 saturated heterocycles. The van der Waals surface area contributed by atoms with Crippen molar-refractivity contribution in [1.82, 2.24) is 5.32 Å². The molecule has 0 radical (unpaired) electrons. The van der Waals surface area contributed by atoms with Crippen LogP contribution in [0.15, 0.2) is 18.2 Å². The number of nitrogens with one attached hydrogen (secondary N) is 3. The molecular formula is C17H25N3O3. The molecule has 1 aromatic carbocycles. The van der Waals surface area contributed by atoms with Crippen LogP contribution in [-0.2, 0) is 9.59 Å². The molecule has 2 amide bonds. The summed E-state index contributed by atoms with van der Waals surface area (Å²) in [5, 5.41) is 8.85. The topological polar surface area (TPSA) is 79.5 Å². The number of benzene rings is 1. The van der Waals surface area contributed by atoms with Crippen LogP contribution in [0, 0.1) is 0 Å². The van der Waals surface area contributed by atoms with Crippen LogP contribution in [0.4, 0.5) is 11.4 Å². The summed E-state index contributed by atoms with van der Waals surface area (Å²) < 4.78 is 5.51. The third-order valence-corrected chi connectivity index (χ3v) is 3.77. The van der Waals surface area contributed by atoms with Gasteiger partial charge in [0.05, 0.1) is 5.69 Å². The maximum Gasteiger partial charge on any atom is 0.265 e. The Balaban J connectivity index is 1.91. The second kappa shape index (κ2) is 7.85. The molecule has 23 heavy (non-hydrogen) atoms. The van der Waals surface area contributed by atoms with Crippen LogP contribution in [0.5, 0.6) is 5.75 Å². The lowest BCUT2D eigenvalue weighted by Gasteiger charge is -2.24. The van der Waals surface area contributed by atoms with Crippen LogP contribution in [0.3, 0.4) is 0 Å². The van der Waals surface area contributed by atoms with Crippen molar-refractivity contribution < 1.29 is 14.3 Å². The van der Waals surface area contributed by atoms with E-state index in [1.807, 2.05) is 13.0 Å². The van der Waals surface area contributed by atoms with Gasteiger partial charge < -0.3 is 20.7 Å². The minimum atomic E-state index is -0.492. The van der Waals surface area contributed by atoms with E-state index in [-0.39, 0.29) is 17.9 Å². The SMILES string of the molecule is CCCCCNC(=O)[C@@H](C)Nc1ccc2c(c1)NC(=O)[C@H](C)O2. The molecule has 0 bridgehead atoms. The van der Waals surface area contributed by atoms with Gasteiger partial charge in [0.25, 0.3) is 5.91 Å². The van der Waals surface area contributed by atoms with E-state index in [4.69, 9.17) is 4.74 Å². The Morgan fingerprint density at radius 3 is 2.91 bits per heavy atom. The van der Waals surface area contributed by atoms with Gasteiger partial charge in [-0.05, 0) is 38.5 Å². The van der Waals surface area contributed by atoms with Gasteiger partial charge in [-0.2, -0.15) is 0 Å². The summed E-state index contributed by atoms with van der Waals surface area (Å²) >= 11 is 0. The van der Waals surface area contributed by atoms with Gasteiger partial charge in [0.1, 0.15) is 11.8 Å². The van der Waals surface area contributed by atoms with Crippen LogP contribution < -0.4 is 20.7 Å². The van der Waals surface area contributed by atoms with Gasteiger partial charge in [-0.25, -0.2) is 0 Å². The van der Waals surface area contributed by atoms with Crippen molar-refractivity contribution in [3.63, 3.8) is 0 Å². The van der Waals surface area contributed by atoms with Crippen LogP contribution in [0.2, 0.25) is 0 Å². The summed E-state index contributed by atoms with van der Waals surface area (Å²) in [6.07, 6.45) is 2.75. The number of anilines is 2. The first kappa shape index (κ1) is 17.1. The lowest BCUT2D eigenvalue weighted by molar-refractivity contribution is -0.123. The molecule has 0 fully saturated rings. The van der Waals surface area contributed by atoms with E-state index >= 15 is 0 Å². The van der Waals surface area contributed by atoms with Crippen LogP contribution in [0.1, 0.15) is 40.0 Å². The van der Waals surface area contributed by atoms with Crippen molar-refractivity contribution in [1.29, 1.82) is 0 Å². The number of ether oxygens (including phenoxy) is 1. The lowest BCUT2D eigenvalue weighted by atomic mass is 10.2. The first-order chi connectivity index (χ1) is 11.0. The molecule has 6 nitrogen and oxygen atoms in total. The van der Waals surface area contributed by atoms with Gasteiger partial charge >= 0.3 is 0 Å². The molecule has 1 heterocycles. The van der Waals surface area contributed by atoms with E-state index < -0.39 is 6.10 Å². The van der Waals surface area contributed by atoms with Gasteiger partial charge in [0.2, 0.25) is 5.91 Å². The fourth-order valence-electron chi connectivity index (χ4n) is 2.35. The van der Waals surface area contributed by atoms with Gasteiger partial charge in [0.15, 0.2) is 6.10 Å². The van der Waals surface area contributed by atoms with E-state index in [2.05, 4.69) is 22.9 Å². The average molecular weight is 319 g/mol. The van der Waals surface area contributed by atoms with Gasteiger partial charge in [0, 0.05) is 12.2 Å². The highest BCUT2D eigenvalue weighted by atomic mass is 16.5. The zero-order valence-electron chi connectivity index (χ0n) is 13.9. The molecule has 126 valence electrons. The minimum absolute atomic E-state index is 0.0345. The molecular weight excluding hydrogens is 294 g/mol. The monoisotopic (exact) mass is 319 g/mol. The normalized spacial score (nSPS) is 17.5. The summed E-state index contributed by atoms with van der Waals surface area (Å²) in [5.74, 6) is 0.434. The Morgan fingerprint density at radius 2 is 2.17 bits per heavy atom. The Bertz CT molecular complexity index is 574. The number of hydrogen-bond acceptors (Lipinski definition) is 4. The van der Waals surface area contributed by atoms with Crippen LogP contribution in [0.25, 0.3) is 0 Å². The average Bonchev–Trinajstić information content (AvgIpc) is 2.52. The number of fused-ring (bicyclic) bond motifs is 1. The first-order valence-electron chi connectivity index (χ1n) is 8.17. The number of carbonyl (C=O) groups excluding carboxylic acids is 2. The maximum absolute atomic E-state index is 12.0. The summed E-state index contributed by atoms with van der Waals surface area (Å²) in [7, 11) is 0. The zero-order valence-corrected chi connectivity index (χ0v) is 13.9. The molecule has 1 aromatic rings. The first-order valence-corrected chi connectivity index (χ1v) is 8.17. The van der Waals surface area contributed by atoms with Crippen molar-refractivity contribution in [2.75, 3.05) is 17.2 Å². The number of hydrogen-bond donors (Lipinski definition) is 3. The summed E-state index contributed by atoms with van der Waals surface area (Å²) in [5.41, 5.74) is 1.38. The number of amides is 2. The van der Waals surface area contributed by atoms with E-state index in [1.54, 1.807) is 19.1 Å². The van der Waals surface area contributed by atoms with E-state index in [0.29, 0.717) is 18.0 Å². The fourth-order valence-corrected chi connectivity index (χ4v) is 2.35. The highest BCUT2D eigenvalue weighted by molar-refractivity contribution is 5.98. The van der Waals surface area contributed by atoms with Crippen molar-refractivity contribution >= 4 is 23.2 Å². The van der Waals surface area contributed by atoms with Crippen molar-refractivity contribution in [2.24, 2.45) is 0 Å². The molecule has 2 rings (SSSR count). The van der Waals surface area contributed by atoms with E-state index in [1.165, 1.54) is 0 Å². The summed E-state index contributed by atoms with van der Waals surface area (Å²) in [6.45, 7) is 6.34. The molecule has 1 aliphatic rings. The largest absolute Gasteiger partial charge is 0.479 e.